The first-order valence-electron chi connectivity index (χ1n) is 6.57. The molecule has 1 amide bonds. The lowest BCUT2D eigenvalue weighted by Gasteiger charge is -2.15. The summed E-state index contributed by atoms with van der Waals surface area (Å²) in [6, 6.07) is 0.421. The van der Waals surface area contributed by atoms with Gasteiger partial charge in [-0.25, -0.2) is 10.2 Å². The number of carbonyl (C=O) groups excluding carboxylic acids is 1. The lowest BCUT2D eigenvalue weighted by molar-refractivity contribution is -0.152. The molecule has 1 saturated carbocycles. The zero-order valence-corrected chi connectivity index (χ0v) is 11.0. The molecule has 114 valence electrons. The molecule has 0 aromatic carbocycles. The fourth-order valence-electron chi connectivity index (χ4n) is 2.37. The van der Waals surface area contributed by atoms with Gasteiger partial charge in [0.1, 0.15) is 0 Å². The predicted molar refractivity (Wildman–Crippen MR) is 67.5 cm³/mol. The second-order valence-corrected chi connectivity index (χ2v) is 5.00. The molecule has 1 aliphatic carbocycles. The number of carboxylic acids is 2. The van der Waals surface area contributed by atoms with E-state index in [4.69, 9.17) is 15.3 Å². The van der Waals surface area contributed by atoms with Crippen molar-refractivity contribution in [1.29, 1.82) is 0 Å². The molecule has 0 radical (unpaired) electrons. The molecule has 1 saturated heterocycles. The maximum absolute atomic E-state index is 10.8. The van der Waals surface area contributed by atoms with Crippen LogP contribution >= 0.6 is 0 Å². The van der Waals surface area contributed by atoms with Crippen LogP contribution < -0.4 is 10.9 Å². The molecule has 2 aliphatic rings. The lowest BCUT2D eigenvalue weighted by atomic mass is 9.97. The Hall–Kier alpha value is -1.67. The smallest absolute Gasteiger partial charge is 0.333 e. The van der Waals surface area contributed by atoms with Gasteiger partial charge in [0.05, 0.1) is 6.42 Å². The highest BCUT2D eigenvalue weighted by Crippen LogP contribution is 2.29. The summed E-state index contributed by atoms with van der Waals surface area (Å²) in [7, 11) is 0. The van der Waals surface area contributed by atoms with Crippen LogP contribution in [0.25, 0.3) is 0 Å². The van der Waals surface area contributed by atoms with Crippen LogP contribution in [0, 0.1) is 5.92 Å². The molecule has 1 aliphatic heterocycles. The zero-order chi connectivity index (χ0) is 15.1. The number of aliphatic hydroxyl groups is 1. The van der Waals surface area contributed by atoms with E-state index in [9.17, 15) is 14.4 Å². The summed E-state index contributed by atoms with van der Waals surface area (Å²) >= 11 is 0. The number of hydrogen-bond acceptors (Lipinski definition) is 5. The number of carbonyl (C=O) groups is 3. The number of hydrazine groups is 1. The zero-order valence-electron chi connectivity index (χ0n) is 11.0. The quantitative estimate of drug-likeness (QED) is 0.469. The summed E-state index contributed by atoms with van der Waals surface area (Å²) < 4.78 is 0. The van der Waals surface area contributed by atoms with E-state index in [-0.39, 0.29) is 5.91 Å². The van der Waals surface area contributed by atoms with E-state index in [0.717, 1.165) is 5.92 Å². The molecule has 2 rings (SSSR count). The first kappa shape index (κ1) is 16.4. The van der Waals surface area contributed by atoms with Crippen LogP contribution in [-0.4, -0.2) is 45.3 Å². The highest BCUT2D eigenvalue weighted by atomic mass is 16.4. The van der Waals surface area contributed by atoms with Gasteiger partial charge in [-0.2, -0.15) is 0 Å². The third-order valence-corrected chi connectivity index (χ3v) is 3.42. The summed E-state index contributed by atoms with van der Waals surface area (Å²) in [4.78, 5) is 30.2. The number of nitrogens with one attached hydrogen (secondary N) is 2. The van der Waals surface area contributed by atoms with Gasteiger partial charge in [-0.05, 0) is 18.8 Å². The van der Waals surface area contributed by atoms with Crippen LogP contribution in [-0.2, 0) is 14.4 Å². The second kappa shape index (κ2) is 7.81. The molecule has 0 aromatic rings. The average molecular weight is 288 g/mol. The summed E-state index contributed by atoms with van der Waals surface area (Å²) in [5.74, 6) is -1.95. The Kier molecular flexibility index (Phi) is 6.40. The molecule has 8 heteroatoms. The van der Waals surface area contributed by atoms with Crippen molar-refractivity contribution in [2.24, 2.45) is 5.92 Å². The van der Waals surface area contributed by atoms with Gasteiger partial charge in [0.25, 0.3) is 0 Å². The van der Waals surface area contributed by atoms with Crippen LogP contribution in [0.1, 0.15) is 38.5 Å². The molecule has 5 N–H and O–H groups in total. The third kappa shape index (κ3) is 5.54. The normalized spacial score (nSPS) is 23.6. The minimum Gasteiger partial charge on any atom is -0.481 e. The van der Waals surface area contributed by atoms with E-state index in [0.29, 0.717) is 12.5 Å². The summed E-state index contributed by atoms with van der Waals surface area (Å²) in [5.41, 5.74) is 5.71. The van der Waals surface area contributed by atoms with E-state index < -0.39 is 24.5 Å². The van der Waals surface area contributed by atoms with Crippen molar-refractivity contribution in [1.82, 2.24) is 10.9 Å². The molecular formula is C12H20N2O6. The monoisotopic (exact) mass is 288 g/mol. The average Bonchev–Trinajstić information content (AvgIpc) is 2.99. The molecule has 1 heterocycles. The molecule has 2 atom stereocenters. The minimum atomic E-state index is -1.79. The highest BCUT2D eigenvalue weighted by Gasteiger charge is 2.30. The fraction of sp³-hybridized carbons (Fsp3) is 0.750. The Bertz CT molecular complexity index is 367. The largest absolute Gasteiger partial charge is 0.481 e. The number of hydrogen-bond donors (Lipinski definition) is 5. The van der Waals surface area contributed by atoms with Crippen LogP contribution in [0.2, 0.25) is 0 Å². The summed E-state index contributed by atoms with van der Waals surface area (Å²) in [6.07, 6.45) is 3.43. The molecule has 8 nitrogen and oxygen atoms in total. The second-order valence-electron chi connectivity index (χ2n) is 5.00. The number of amides is 1. The third-order valence-electron chi connectivity index (χ3n) is 3.42. The highest BCUT2D eigenvalue weighted by molar-refractivity contribution is 5.79. The maximum Gasteiger partial charge on any atom is 0.333 e. The first-order valence-corrected chi connectivity index (χ1v) is 6.57. The number of aliphatic hydroxyl groups excluding tert-OH is 1. The van der Waals surface area contributed by atoms with Gasteiger partial charge in [-0.15, -0.1) is 0 Å². The van der Waals surface area contributed by atoms with Gasteiger partial charge in [0.2, 0.25) is 5.91 Å². The van der Waals surface area contributed by atoms with E-state index in [1.54, 1.807) is 0 Å². The van der Waals surface area contributed by atoms with Crippen molar-refractivity contribution in [3.05, 3.63) is 0 Å². The van der Waals surface area contributed by atoms with Crippen molar-refractivity contribution in [3.63, 3.8) is 0 Å². The van der Waals surface area contributed by atoms with Crippen molar-refractivity contribution in [2.45, 2.75) is 50.7 Å². The fourth-order valence-corrected chi connectivity index (χ4v) is 2.37. The van der Waals surface area contributed by atoms with Gasteiger partial charge in [0, 0.05) is 12.5 Å². The Morgan fingerprint density at radius 3 is 2.20 bits per heavy atom. The van der Waals surface area contributed by atoms with Crippen LogP contribution in [0.5, 0.6) is 0 Å². The predicted octanol–water partition coefficient (Wildman–Crippen LogP) is -0.524. The molecule has 2 fully saturated rings. The van der Waals surface area contributed by atoms with E-state index in [1.165, 1.54) is 25.7 Å². The van der Waals surface area contributed by atoms with Crippen LogP contribution in [0.4, 0.5) is 0 Å². The number of aliphatic carboxylic acids is 2. The first-order chi connectivity index (χ1) is 9.40. The molecule has 0 aromatic heterocycles. The maximum atomic E-state index is 10.8. The van der Waals surface area contributed by atoms with Crippen molar-refractivity contribution < 1.29 is 29.7 Å². The number of carboxylic acid groups (broad SMARTS) is 2. The molecule has 0 unspecified atom stereocenters. The van der Waals surface area contributed by atoms with E-state index >= 15 is 0 Å². The summed E-state index contributed by atoms with van der Waals surface area (Å²) in [5, 5.41) is 24.1. The summed E-state index contributed by atoms with van der Waals surface area (Å²) in [6.45, 7) is 0. The number of rotatable bonds is 4. The SMILES string of the molecule is O=C(O)C[C@@H](O)C(=O)O.O=C1C[C@H](C2CCCC2)NN1. The van der Waals surface area contributed by atoms with Crippen molar-refractivity contribution >= 4 is 17.8 Å². The Morgan fingerprint density at radius 2 is 1.85 bits per heavy atom. The molecular weight excluding hydrogens is 268 g/mol. The Morgan fingerprint density at radius 1 is 1.25 bits per heavy atom. The minimum absolute atomic E-state index is 0.155. The standard InChI is InChI=1S/C8H14N2O.C4H6O5/c11-8-5-7(9-10-8)6-3-1-2-4-6;5-2(4(8)9)1-3(6)7/h6-7,9H,1-5H2,(H,10,11);2,5H,1H2,(H,6,7)(H,8,9)/t7-;2-/m11/s1. The topological polar surface area (TPSA) is 136 Å². The Labute approximate surface area is 116 Å². The lowest BCUT2D eigenvalue weighted by Crippen LogP contribution is -2.35. The van der Waals surface area contributed by atoms with Crippen LogP contribution in [0.15, 0.2) is 0 Å². The van der Waals surface area contributed by atoms with Gasteiger partial charge in [0.15, 0.2) is 6.10 Å². The van der Waals surface area contributed by atoms with Gasteiger partial charge in [-0.3, -0.25) is 15.0 Å². The van der Waals surface area contributed by atoms with Gasteiger partial charge < -0.3 is 15.3 Å². The van der Waals surface area contributed by atoms with Gasteiger partial charge >= 0.3 is 11.9 Å². The van der Waals surface area contributed by atoms with Crippen LogP contribution in [0.3, 0.4) is 0 Å². The van der Waals surface area contributed by atoms with Crippen molar-refractivity contribution in [2.75, 3.05) is 0 Å². The molecule has 20 heavy (non-hydrogen) atoms. The molecule has 0 spiro atoms. The Balaban J connectivity index is 0.000000206. The molecule has 0 bridgehead atoms. The van der Waals surface area contributed by atoms with E-state index in [1.807, 2.05) is 0 Å². The van der Waals surface area contributed by atoms with Gasteiger partial charge in [-0.1, -0.05) is 12.8 Å². The van der Waals surface area contributed by atoms with Crippen molar-refractivity contribution in [3.8, 4) is 0 Å². The van der Waals surface area contributed by atoms with E-state index in [2.05, 4.69) is 10.9 Å².